The number of benzene rings is 5. The molecule has 0 radical (unpaired) electrons. The zero-order valence-electron chi connectivity index (χ0n) is 14.4. The summed E-state index contributed by atoms with van der Waals surface area (Å²) in [5.74, 6) is 0. The van der Waals surface area contributed by atoms with Gasteiger partial charge < -0.3 is 0 Å². The maximum absolute atomic E-state index is 4.64. The van der Waals surface area contributed by atoms with Crippen LogP contribution in [0.25, 0.3) is 54.3 Å². The van der Waals surface area contributed by atoms with Crippen molar-refractivity contribution < 1.29 is 0 Å². The largest absolute Gasteiger partial charge is 0.256 e. The van der Waals surface area contributed by atoms with Crippen LogP contribution in [-0.2, 0) is 0 Å². The van der Waals surface area contributed by atoms with Crippen LogP contribution in [0.5, 0.6) is 0 Å². The molecule has 6 rings (SSSR count). The lowest BCUT2D eigenvalue weighted by molar-refractivity contribution is 1.41. The van der Waals surface area contributed by atoms with Gasteiger partial charge in [-0.15, -0.1) is 0 Å². The van der Waals surface area contributed by atoms with Crippen molar-refractivity contribution >= 4 is 59.2 Å². The molecule has 6 aromatic rings. The van der Waals surface area contributed by atoms with Crippen LogP contribution in [0.15, 0.2) is 89.5 Å². The summed E-state index contributed by atoms with van der Waals surface area (Å²) in [7, 11) is 0. The highest BCUT2D eigenvalue weighted by atomic mass is 79.9. The van der Waals surface area contributed by atoms with E-state index >= 15 is 0 Å². The molecule has 0 atom stereocenters. The van der Waals surface area contributed by atoms with Gasteiger partial charge in [0.15, 0.2) is 0 Å². The van der Waals surface area contributed by atoms with E-state index < -0.39 is 0 Å². The Bertz CT molecular complexity index is 1410. The third kappa shape index (κ3) is 2.20. The minimum Gasteiger partial charge on any atom is -0.256 e. The Hall–Kier alpha value is -2.97. The first-order chi connectivity index (χ1) is 13.3. The smallest absolute Gasteiger partial charge is 0.0780 e. The fourth-order valence-corrected chi connectivity index (χ4v) is 4.79. The van der Waals surface area contributed by atoms with Crippen molar-refractivity contribution in [2.45, 2.75) is 0 Å². The van der Waals surface area contributed by atoms with Crippen molar-refractivity contribution in [3.8, 4) is 11.1 Å². The average molecular weight is 408 g/mol. The molecule has 0 unspecified atom stereocenters. The quantitative estimate of drug-likeness (QED) is 0.256. The maximum Gasteiger partial charge on any atom is 0.0780 e. The van der Waals surface area contributed by atoms with Gasteiger partial charge in [-0.25, -0.2) is 0 Å². The third-order valence-electron chi connectivity index (χ3n) is 5.44. The summed E-state index contributed by atoms with van der Waals surface area (Å²) in [4.78, 5) is 4.64. The van der Waals surface area contributed by atoms with Crippen molar-refractivity contribution in [1.29, 1.82) is 0 Å². The first-order valence-electron chi connectivity index (χ1n) is 9.00. The van der Waals surface area contributed by atoms with Gasteiger partial charge >= 0.3 is 0 Å². The lowest BCUT2D eigenvalue weighted by Crippen LogP contribution is -1.88. The molecule has 2 heteroatoms. The van der Waals surface area contributed by atoms with Gasteiger partial charge in [0.2, 0.25) is 0 Å². The van der Waals surface area contributed by atoms with Gasteiger partial charge in [-0.1, -0.05) is 64.5 Å². The molecule has 0 aliphatic heterocycles. The molecule has 0 amide bonds. The van der Waals surface area contributed by atoms with Gasteiger partial charge in [-0.05, 0) is 68.2 Å². The molecule has 0 N–H and O–H groups in total. The van der Waals surface area contributed by atoms with E-state index in [1.165, 1.54) is 48.8 Å². The number of hydrogen-bond acceptors (Lipinski definition) is 1. The Kier molecular flexibility index (Phi) is 3.09. The predicted octanol–water partition coefficient (Wildman–Crippen LogP) is 7.56. The van der Waals surface area contributed by atoms with E-state index in [1.54, 1.807) is 0 Å². The molecule has 0 bridgehead atoms. The highest BCUT2D eigenvalue weighted by Crippen LogP contribution is 2.39. The molecule has 27 heavy (non-hydrogen) atoms. The van der Waals surface area contributed by atoms with E-state index in [4.69, 9.17) is 0 Å². The topological polar surface area (TPSA) is 12.9 Å². The molecule has 1 heterocycles. The minimum absolute atomic E-state index is 1.05. The molecule has 1 aromatic heterocycles. The molecule has 0 spiro atoms. The Morgan fingerprint density at radius 2 is 1.19 bits per heavy atom. The van der Waals surface area contributed by atoms with Crippen molar-refractivity contribution in [3.63, 3.8) is 0 Å². The van der Waals surface area contributed by atoms with Gasteiger partial charge in [-0.3, -0.25) is 4.98 Å². The van der Waals surface area contributed by atoms with Gasteiger partial charge in [0, 0.05) is 21.6 Å². The Labute approximate surface area is 164 Å². The van der Waals surface area contributed by atoms with Gasteiger partial charge in [0.25, 0.3) is 0 Å². The van der Waals surface area contributed by atoms with Gasteiger partial charge in [-0.2, -0.15) is 0 Å². The normalized spacial score (nSPS) is 11.9. The number of aromatic nitrogens is 1. The molecule has 126 valence electrons. The highest BCUT2D eigenvalue weighted by molar-refractivity contribution is 9.10. The van der Waals surface area contributed by atoms with E-state index in [2.05, 4.69) is 93.7 Å². The first-order valence-corrected chi connectivity index (χ1v) is 9.79. The minimum atomic E-state index is 1.05. The van der Waals surface area contributed by atoms with E-state index in [1.807, 2.05) is 12.3 Å². The van der Waals surface area contributed by atoms with Crippen LogP contribution in [0.4, 0.5) is 0 Å². The summed E-state index contributed by atoms with van der Waals surface area (Å²) in [5, 5.41) is 8.95. The molecular weight excluding hydrogens is 394 g/mol. The Balaban J connectivity index is 1.73. The number of rotatable bonds is 1. The third-order valence-corrected chi connectivity index (χ3v) is 5.90. The van der Waals surface area contributed by atoms with Crippen LogP contribution >= 0.6 is 15.9 Å². The zero-order valence-corrected chi connectivity index (χ0v) is 16.0. The second-order valence-electron chi connectivity index (χ2n) is 7.04. The summed E-state index contributed by atoms with van der Waals surface area (Å²) < 4.78 is 1.12. The summed E-state index contributed by atoms with van der Waals surface area (Å²) in [6, 6.07) is 28.4. The summed E-state index contributed by atoms with van der Waals surface area (Å²) in [5.41, 5.74) is 3.45. The maximum atomic E-state index is 4.64. The molecular formula is C25H14BrN. The van der Waals surface area contributed by atoms with E-state index in [0.29, 0.717) is 0 Å². The van der Waals surface area contributed by atoms with Crippen LogP contribution in [0.2, 0.25) is 0 Å². The highest BCUT2D eigenvalue weighted by Gasteiger charge is 2.12. The molecule has 0 fully saturated rings. The average Bonchev–Trinajstić information content (AvgIpc) is 2.71. The summed E-state index contributed by atoms with van der Waals surface area (Å²) in [6.45, 7) is 0. The molecule has 0 aliphatic carbocycles. The fraction of sp³-hybridized carbons (Fsp3) is 0. The Morgan fingerprint density at radius 3 is 1.85 bits per heavy atom. The molecule has 0 saturated heterocycles. The molecule has 5 aromatic carbocycles. The van der Waals surface area contributed by atoms with Crippen LogP contribution in [0, 0.1) is 0 Å². The van der Waals surface area contributed by atoms with Gasteiger partial charge in [0.05, 0.1) is 5.52 Å². The van der Waals surface area contributed by atoms with E-state index in [0.717, 1.165) is 9.99 Å². The van der Waals surface area contributed by atoms with Gasteiger partial charge in [0.1, 0.15) is 0 Å². The number of para-hydroxylation sites is 1. The van der Waals surface area contributed by atoms with E-state index in [-0.39, 0.29) is 0 Å². The second-order valence-corrected chi connectivity index (χ2v) is 7.95. The number of halogens is 1. The standard InChI is InChI=1S/C25H14BrN/c26-21-13-18-8-6-16-11-20(12-17-7-9-19(14-21)24(18)23(16)17)22-5-1-3-15-4-2-10-27-25(15)22/h1-14H. The van der Waals surface area contributed by atoms with Crippen molar-refractivity contribution in [2.24, 2.45) is 0 Å². The lowest BCUT2D eigenvalue weighted by Gasteiger charge is -2.14. The Morgan fingerprint density at radius 1 is 0.593 bits per heavy atom. The van der Waals surface area contributed by atoms with Crippen LogP contribution in [0.3, 0.4) is 0 Å². The fourth-order valence-electron chi connectivity index (χ4n) is 4.29. The van der Waals surface area contributed by atoms with Crippen LogP contribution in [-0.4, -0.2) is 4.98 Å². The first kappa shape index (κ1) is 15.1. The van der Waals surface area contributed by atoms with Crippen molar-refractivity contribution in [2.75, 3.05) is 0 Å². The number of nitrogens with zero attached hydrogens (tertiary/aromatic N) is 1. The van der Waals surface area contributed by atoms with Crippen LogP contribution < -0.4 is 0 Å². The van der Waals surface area contributed by atoms with E-state index in [9.17, 15) is 0 Å². The number of hydrogen-bond donors (Lipinski definition) is 0. The van der Waals surface area contributed by atoms with Crippen LogP contribution in [0.1, 0.15) is 0 Å². The zero-order chi connectivity index (χ0) is 18.0. The lowest BCUT2D eigenvalue weighted by atomic mass is 9.91. The predicted molar refractivity (Wildman–Crippen MR) is 119 cm³/mol. The summed E-state index contributed by atoms with van der Waals surface area (Å²) >= 11 is 3.63. The SMILES string of the molecule is Brc1cc2ccc3cc(-c4cccc5cccnc45)cc4ccc(c1)c2c34. The molecule has 0 aliphatic rings. The van der Waals surface area contributed by atoms with Crippen molar-refractivity contribution in [1.82, 2.24) is 4.98 Å². The second kappa shape index (κ2) is 5.51. The van der Waals surface area contributed by atoms with Crippen molar-refractivity contribution in [3.05, 3.63) is 89.5 Å². The monoisotopic (exact) mass is 407 g/mol. The number of pyridine rings is 1. The summed E-state index contributed by atoms with van der Waals surface area (Å²) in [6.07, 6.45) is 1.87. The number of fused-ring (bicyclic) bond motifs is 1. The molecule has 1 nitrogen and oxygen atoms in total. The molecule has 0 saturated carbocycles.